The molecule has 2 rings (SSSR count). The predicted octanol–water partition coefficient (Wildman–Crippen LogP) is 3.13. The van der Waals surface area contributed by atoms with Gasteiger partial charge in [0.1, 0.15) is 11.9 Å². The molecule has 0 radical (unpaired) electrons. The number of hydrogen-bond donors (Lipinski definition) is 2. The Morgan fingerprint density at radius 1 is 1.28 bits per heavy atom. The van der Waals surface area contributed by atoms with E-state index in [9.17, 15) is 5.11 Å². The summed E-state index contributed by atoms with van der Waals surface area (Å²) in [5.74, 6) is 0.550. The number of aliphatic hydroxyl groups is 1. The normalized spacial score (nSPS) is 24.0. The van der Waals surface area contributed by atoms with Crippen molar-refractivity contribution < 1.29 is 9.84 Å². The van der Waals surface area contributed by atoms with E-state index >= 15 is 0 Å². The number of nitrogens with two attached hydrogens (primary N) is 1. The third-order valence-corrected chi connectivity index (χ3v) is 3.74. The van der Waals surface area contributed by atoms with Crippen LogP contribution in [0, 0.1) is 0 Å². The fourth-order valence-corrected chi connectivity index (χ4v) is 2.84. The van der Waals surface area contributed by atoms with Crippen molar-refractivity contribution in [2.45, 2.75) is 44.4 Å². The van der Waals surface area contributed by atoms with Gasteiger partial charge in [-0.25, -0.2) is 0 Å². The van der Waals surface area contributed by atoms with Gasteiger partial charge in [-0.2, -0.15) is 0 Å². The zero-order valence-corrected chi connectivity index (χ0v) is 11.5. The van der Waals surface area contributed by atoms with E-state index in [4.69, 9.17) is 33.7 Å². The second-order valence-corrected chi connectivity index (χ2v) is 5.43. The van der Waals surface area contributed by atoms with Gasteiger partial charge in [0.2, 0.25) is 0 Å². The lowest BCUT2D eigenvalue weighted by Gasteiger charge is -2.29. The molecule has 1 aliphatic carbocycles. The van der Waals surface area contributed by atoms with Crippen LogP contribution in [0.25, 0.3) is 0 Å². The molecule has 0 aromatic heterocycles. The molecular formula is C13H17Cl2NO2. The monoisotopic (exact) mass is 289 g/mol. The van der Waals surface area contributed by atoms with E-state index < -0.39 is 6.10 Å². The van der Waals surface area contributed by atoms with Gasteiger partial charge in [0.25, 0.3) is 0 Å². The molecule has 0 heterocycles. The maximum absolute atomic E-state index is 9.91. The highest BCUT2D eigenvalue weighted by molar-refractivity contribution is 6.35. The number of rotatable bonds is 3. The van der Waals surface area contributed by atoms with Crippen LogP contribution in [-0.4, -0.2) is 17.3 Å². The molecule has 5 heteroatoms. The van der Waals surface area contributed by atoms with Crippen molar-refractivity contribution in [3.05, 3.63) is 27.7 Å². The average molecular weight is 290 g/mol. The van der Waals surface area contributed by atoms with Gasteiger partial charge in [-0.3, -0.25) is 0 Å². The lowest BCUT2D eigenvalue weighted by atomic mass is 9.95. The smallest absolute Gasteiger partial charge is 0.143 e. The molecule has 2 unspecified atom stereocenters. The standard InChI is InChI=1S/C13H17Cl2NO2/c14-9-5-8(7-16)13(10(15)6-9)18-12-4-2-1-3-11(12)17/h5-6,11-12,17H,1-4,7,16H2. The Hall–Kier alpha value is -0.480. The second-order valence-electron chi connectivity index (χ2n) is 4.59. The molecule has 2 atom stereocenters. The van der Waals surface area contributed by atoms with Gasteiger partial charge in [0, 0.05) is 17.1 Å². The van der Waals surface area contributed by atoms with Crippen LogP contribution in [-0.2, 0) is 6.54 Å². The van der Waals surface area contributed by atoms with Gasteiger partial charge in [-0.15, -0.1) is 0 Å². The van der Waals surface area contributed by atoms with E-state index in [1.54, 1.807) is 12.1 Å². The summed E-state index contributed by atoms with van der Waals surface area (Å²) in [6, 6.07) is 3.38. The summed E-state index contributed by atoms with van der Waals surface area (Å²) in [6.07, 6.45) is 3.07. The Morgan fingerprint density at radius 2 is 2.00 bits per heavy atom. The number of aliphatic hydroxyl groups excluding tert-OH is 1. The molecule has 1 saturated carbocycles. The van der Waals surface area contributed by atoms with E-state index in [0.717, 1.165) is 31.2 Å². The molecule has 3 N–H and O–H groups in total. The fourth-order valence-electron chi connectivity index (χ4n) is 2.26. The van der Waals surface area contributed by atoms with Crippen molar-refractivity contribution in [1.82, 2.24) is 0 Å². The largest absolute Gasteiger partial charge is 0.486 e. The first-order valence-corrected chi connectivity index (χ1v) is 6.90. The molecule has 0 saturated heterocycles. The predicted molar refractivity (Wildman–Crippen MR) is 73.2 cm³/mol. The van der Waals surface area contributed by atoms with Gasteiger partial charge in [-0.1, -0.05) is 29.6 Å². The molecule has 0 spiro atoms. The topological polar surface area (TPSA) is 55.5 Å². The Balaban J connectivity index is 2.22. The van der Waals surface area contributed by atoms with Crippen molar-refractivity contribution >= 4 is 23.2 Å². The molecule has 0 bridgehead atoms. The lowest BCUT2D eigenvalue weighted by Crippen LogP contribution is -2.35. The first kappa shape index (κ1) is 13.9. The number of halogens is 2. The van der Waals surface area contributed by atoms with Crippen LogP contribution in [0.2, 0.25) is 10.0 Å². The molecule has 1 aromatic rings. The van der Waals surface area contributed by atoms with Crippen LogP contribution in [0.1, 0.15) is 31.2 Å². The van der Waals surface area contributed by atoms with E-state index in [0.29, 0.717) is 22.3 Å². The third-order valence-electron chi connectivity index (χ3n) is 3.24. The Labute approximate surface area is 117 Å². The first-order valence-electron chi connectivity index (χ1n) is 6.14. The van der Waals surface area contributed by atoms with E-state index in [2.05, 4.69) is 0 Å². The highest BCUT2D eigenvalue weighted by atomic mass is 35.5. The molecule has 0 amide bonds. The average Bonchev–Trinajstić information content (AvgIpc) is 2.34. The summed E-state index contributed by atoms with van der Waals surface area (Å²) in [5, 5.41) is 10.9. The summed E-state index contributed by atoms with van der Waals surface area (Å²) in [7, 11) is 0. The molecule has 0 aliphatic heterocycles. The maximum Gasteiger partial charge on any atom is 0.143 e. The summed E-state index contributed by atoms with van der Waals surface area (Å²) < 4.78 is 5.85. The first-order chi connectivity index (χ1) is 8.61. The number of ether oxygens (including phenoxy) is 1. The molecule has 3 nitrogen and oxygen atoms in total. The lowest BCUT2D eigenvalue weighted by molar-refractivity contribution is 0.00647. The highest BCUT2D eigenvalue weighted by Crippen LogP contribution is 2.35. The Bertz CT molecular complexity index is 426. The van der Waals surface area contributed by atoms with Crippen LogP contribution in [0.15, 0.2) is 12.1 Å². The quantitative estimate of drug-likeness (QED) is 0.899. The molecule has 1 aliphatic rings. The van der Waals surface area contributed by atoms with Crippen LogP contribution in [0.5, 0.6) is 5.75 Å². The van der Waals surface area contributed by atoms with Crippen LogP contribution in [0.3, 0.4) is 0 Å². The van der Waals surface area contributed by atoms with Crippen molar-refractivity contribution in [2.75, 3.05) is 0 Å². The molecule has 1 aromatic carbocycles. The number of benzene rings is 1. The van der Waals surface area contributed by atoms with Gasteiger partial charge < -0.3 is 15.6 Å². The van der Waals surface area contributed by atoms with Crippen LogP contribution < -0.4 is 10.5 Å². The summed E-state index contributed by atoms with van der Waals surface area (Å²) in [5.41, 5.74) is 6.44. The summed E-state index contributed by atoms with van der Waals surface area (Å²) in [6.45, 7) is 0.304. The molecule has 100 valence electrons. The number of hydrogen-bond acceptors (Lipinski definition) is 3. The molecule has 1 fully saturated rings. The van der Waals surface area contributed by atoms with Gasteiger partial charge in [0.05, 0.1) is 11.1 Å². The van der Waals surface area contributed by atoms with Gasteiger partial charge in [0.15, 0.2) is 0 Å². The van der Waals surface area contributed by atoms with E-state index in [1.165, 1.54) is 0 Å². The van der Waals surface area contributed by atoms with Crippen molar-refractivity contribution in [1.29, 1.82) is 0 Å². The minimum Gasteiger partial charge on any atom is -0.486 e. The van der Waals surface area contributed by atoms with Crippen molar-refractivity contribution in [3.8, 4) is 5.75 Å². The van der Waals surface area contributed by atoms with Gasteiger partial charge >= 0.3 is 0 Å². The minimum atomic E-state index is -0.434. The van der Waals surface area contributed by atoms with Gasteiger partial charge in [-0.05, 0) is 31.4 Å². The van der Waals surface area contributed by atoms with E-state index in [1.807, 2.05) is 0 Å². The minimum absolute atomic E-state index is 0.206. The zero-order chi connectivity index (χ0) is 13.1. The van der Waals surface area contributed by atoms with Crippen molar-refractivity contribution in [3.63, 3.8) is 0 Å². The molecular weight excluding hydrogens is 273 g/mol. The second kappa shape index (κ2) is 6.11. The Kier molecular flexibility index (Phi) is 4.73. The molecule has 18 heavy (non-hydrogen) atoms. The summed E-state index contributed by atoms with van der Waals surface area (Å²) >= 11 is 12.1. The highest BCUT2D eigenvalue weighted by Gasteiger charge is 2.26. The third kappa shape index (κ3) is 3.09. The van der Waals surface area contributed by atoms with Crippen molar-refractivity contribution in [2.24, 2.45) is 5.73 Å². The summed E-state index contributed by atoms with van der Waals surface area (Å²) in [4.78, 5) is 0. The Morgan fingerprint density at radius 3 is 2.67 bits per heavy atom. The SMILES string of the molecule is NCc1cc(Cl)cc(Cl)c1OC1CCCCC1O. The zero-order valence-electron chi connectivity index (χ0n) is 10.0. The maximum atomic E-state index is 9.91. The fraction of sp³-hybridized carbons (Fsp3) is 0.538. The van der Waals surface area contributed by atoms with E-state index in [-0.39, 0.29) is 6.10 Å². The van der Waals surface area contributed by atoms with Crippen LogP contribution in [0.4, 0.5) is 0 Å². The van der Waals surface area contributed by atoms with Crippen LogP contribution >= 0.6 is 23.2 Å².